The summed E-state index contributed by atoms with van der Waals surface area (Å²) in [6.45, 7) is 6.40. The van der Waals surface area contributed by atoms with Crippen LogP contribution in [0.1, 0.15) is 59.3 Å². The maximum atomic E-state index is 12.1. The minimum absolute atomic E-state index is 0.0178. The smallest absolute Gasteiger partial charge is 0.407 e. The highest BCUT2D eigenvalue weighted by atomic mass is 16.6. The van der Waals surface area contributed by atoms with Crippen molar-refractivity contribution < 1.29 is 43.3 Å². The largest absolute Gasteiger partial charge is 0.480 e. The van der Waals surface area contributed by atoms with Gasteiger partial charge in [0.05, 0.1) is 13.2 Å². The lowest BCUT2D eigenvalue weighted by Gasteiger charge is -2.19. The molecule has 1 aliphatic heterocycles. The number of rotatable bonds is 17. The quantitative estimate of drug-likeness (QED) is 0.155. The average Bonchev–Trinajstić information content (AvgIpc) is 3.11. The molecule has 0 spiro atoms. The van der Waals surface area contributed by atoms with Crippen LogP contribution in [0.2, 0.25) is 0 Å². The molecule has 13 nitrogen and oxygen atoms in total. The molecule has 0 saturated heterocycles. The van der Waals surface area contributed by atoms with Crippen LogP contribution >= 0.6 is 0 Å². The van der Waals surface area contributed by atoms with Gasteiger partial charge >= 0.3 is 12.1 Å². The highest BCUT2D eigenvalue weighted by molar-refractivity contribution is 6.12. The van der Waals surface area contributed by atoms with Crippen LogP contribution in [-0.2, 0) is 33.4 Å². The zero-order valence-electron chi connectivity index (χ0n) is 21.7. The van der Waals surface area contributed by atoms with E-state index in [-0.39, 0.29) is 57.9 Å². The number of ether oxygens (including phenoxy) is 2. The molecule has 13 heteroatoms. The number of carbonyl (C=O) groups excluding carboxylic acids is 5. The van der Waals surface area contributed by atoms with Crippen LogP contribution in [0, 0.1) is 0 Å². The normalized spacial score (nSPS) is 13.9. The van der Waals surface area contributed by atoms with Crippen molar-refractivity contribution in [1.29, 1.82) is 0 Å². The van der Waals surface area contributed by atoms with Crippen molar-refractivity contribution in [2.75, 3.05) is 32.8 Å². The lowest BCUT2D eigenvalue weighted by Crippen LogP contribution is -2.41. The summed E-state index contributed by atoms with van der Waals surface area (Å²) < 4.78 is 10.4. The van der Waals surface area contributed by atoms with E-state index in [1.54, 1.807) is 20.8 Å². The van der Waals surface area contributed by atoms with Crippen molar-refractivity contribution in [3.8, 4) is 0 Å². The summed E-state index contributed by atoms with van der Waals surface area (Å²) >= 11 is 0. The number of hydrogen-bond acceptors (Lipinski definition) is 8. The Kier molecular flexibility index (Phi) is 13.9. The first-order chi connectivity index (χ1) is 17.4. The van der Waals surface area contributed by atoms with E-state index in [0.717, 1.165) is 17.1 Å². The topological polar surface area (TPSA) is 180 Å². The molecular formula is C24H38N4O9. The second kappa shape index (κ2) is 16.3. The van der Waals surface area contributed by atoms with E-state index < -0.39 is 41.4 Å². The first-order valence-corrected chi connectivity index (χ1v) is 12.3. The molecule has 0 fully saturated rings. The standard InChI is InChI=1S/C24H38N4O9/c1-24(2,3)37-23(35)26-13-16-36-15-11-18(29)25-12-5-4-7-17(22(33)34)27-19(30)8-6-14-28-20(31)9-10-21(28)32/h9-10,17H,4-8,11-16H2,1-3H3,(H,25,29)(H,26,35)(H,27,30)(H,33,34)/t17-/m0/s1. The third-order valence-corrected chi connectivity index (χ3v) is 4.95. The molecule has 0 aromatic carbocycles. The van der Waals surface area contributed by atoms with Crippen LogP contribution in [0.25, 0.3) is 0 Å². The van der Waals surface area contributed by atoms with E-state index in [0.29, 0.717) is 19.4 Å². The lowest BCUT2D eigenvalue weighted by atomic mass is 10.1. The number of nitrogens with zero attached hydrogens (tertiary/aromatic N) is 1. The fraction of sp³-hybridized carbons (Fsp3) is 0.667. The van der Waals surface area contributed by atoms with Gasteiger partial charge < -0.3 is 30.5 Å². The Morgan fingerprint density at radius 2 is 1.59 bits per heavy atom. The van der Waals surface area contributed by atoms with E-state index in [2.05, 4.69) is 16.0 Å². The van der Waals surface area contributed by atoms with Gasteiger partial charge in [0.15, 0.2) is 0 Å². The predicted octanol–water partition coefficient (Wildman–Crippen LogP) is 0.479. The Labute approximate surface area is 216 Å². The number of unbranched alkanes of at least 4 members (excludes halogenated alkanes) is 1. The molecule has 0 saturated carbocycles. The molecule has 208 valence electrons. The number of imide groups is 1. The van der Waals surface area contributed by atoms with Gasteiger partial charge in [0.1, 0.15) is 11.6 Å². The second-order valence-electron chi connectivity index (χ2n) is 9.36. The number of carboxylic acids is 1. The molecule has 4 N–H and O–H groups in total. The summed E-state index contributed by atoms with van der Waals surface area (Å²) in [6, 6.07) is -1.07. The van der Waals surface area contributed by atoms with Crippen molar-refractivity contribution in [3.05, 3.63) is 12.2 Å². The maximum absolute atomic E-state index is 12.1. The number of carbonyl (C=O) groups is 6. The summed E-state index contributed by atoms with van der Waals surface area (Å²) in [4.78, 5) is 70.8. The molecule has 0 bridgehead atoms. The zero-order chi connectivity index (χ0) is 27.8. The number of amides is 5. The average molecular weight is 527 g/mol. The first-order valence-electron chi connectivity index (χ1n) is 12.3. The number of nitrogens with one attached hydrogen (secondary N) is 3. The Hall–Kier alpha value is -3.48. The van der Waals surface area contributed by atoms with E-state index >= 15 is 0 Å². The number of carboxylic acid groups (broad SMARTS) is 1. The highest BCUT2D eigenvalue weighted by Crippen LogP contribution is 2.07. The van der Waals surface area contributed by atoms with Crippen LogP contribution in [0.3, 0.4) is 0 Å². The number of aliphatic carboxylic acids is 1. The summed E-state index contributed by atoms with van der Waals surface area (Å²) in [5.74, 6) is -2.71. The summed E-state index contributed by atoms with van der Waals surface area (Å²) in [5, 5.41) is 17.0. The van der Waals surface area contributed by atoms with Gasteiger partial charge in [0.2, 0.25) is 11.8 Å². The van der Waals surface area contributed by atoms with Crippen LogP contribution in [0.4, 0.5) is 4.79 Å². The molecule has 5 amide bonds. The van der Waals surface area contributed by atoms with E-state index in [9.17, 15) is 33.9 Å². The fourth-order valence-corrected chi connectivity index (χ4v) is 3.17. The zero-order valence-corrected chi connectivity index (χ0v) is 21.7. The van der Waals surface area contributed by atoms with Crippen molar-refractivity contribution in [1.82, 2.24) is 20.9 Å². The van der Waals surface area contributed by atoms with Crippen molar-refractivity contribution in [3.63, 3.8) is 0 Å². The molecule has 0 radical (unpaired) electrons. The first kappa shape index (κ1) is 31.5. The van der Waals surface area contributed by atoms with Gasteiger partial charge in [-0.15, -0.1) is 0 Å². The van der Waals surface area contributed by atoms with Gasteiger partial charge in [0, 0.05) is 44.6 Å². The van der Waals surface area contributed by atoms with Gasteiger partial charge in [-0.3, -0.25) is 24.1 Å². The minimum atomic E-state index is -1.16. The lowest BCUT2D eigenvalue weighted by molar-refractivity contribution is -0.142. The van der Waals surface area contributed by atoms with Crippen LogP contribution in [0.15, 0.2) is 12.2 Å². The summed E-state index contributed by atoms with van der Waals surface area (Å²) in [6.07, 6.45) is 3.32. The van der Waals surface area contributed by atoms with Crippen LogP contribution in [-0.4, -0.2) is 90.2 Å². The molecule has 0 aliphatic carbocycles. The summed E-state index contributed by atoms with van der Waals surface area (Å²) in [5.41, 5.74) is -0.580. The third-order valence-electron chi connectivity index (χ3n) is 4.95. The van der Waals surface area contributed by atoms with Crippen LogP contribution in [0.5, 0.6) is 0 Å². The minimum Gasteiger partial charge on any atom is -0.480 e. The van der Waals surface area contributed by atoms with Gasteiger partial charge in [0.25, 0.3) is 11.8 Å². The van der Waals surface area contributed by atoms with E-state index in [1.165, 1.54) is 0 Å². The molecular weight excluding hydrogens is 488 g/mol. The third kappa shape index (κ3) is 14.6. The van der Waals surface area contributed by atoms with Gasteiger partial charge in [-0.05, 0) is 46.5 Å². The summed E-state index contributed by atoms with van der Waals surface area (Å²) in [7, 11) is 0. The molecule has 1 aliphatic rings. The Balaban J connectivity index is 2.09. The molecule has 1 atom stereocenters. The Morgan fingerprint density at radius 3 is 2.22 bits per heavy atom. The van der Waals surface area contributed by atoms with Gasteiger partial charge in [-0.1, -0.05) is 0 Å². The van der Waals surface area contributed by atoms with E-state index in [1.807, 2.05) is 0 Å². The molecule has 0 aromatic rings. The predicted molar refractivity (Wildman–Crippen MR) is 131 cm³/mol. The molecule has 1 rings (SSSR count). The van der Waals surface area contributed by atoms with Crippen LogP contribution < -0.4 is 16.0 Å². The number of hydrogen-bond donors (Lipinski definition) is 4. The molecule has 0 aromatic heterocycles. The number of alkyl carbamates (subject to hydrolysis) is 1. The second-order valence-corrected chi connectivity index (χ2v) is 9.36. The SMILES string of the molecule is CC(C)(C)OC(=O)NCCOCCC(=O)NCCCC[C@H](NC(=O)CCCN1C(=O)C=CC1=O)C(=O)O. The monoisotopic (exact) mass is 526 g/mol. The van der Waals surface area contributed by atoms with Gasteiger partial charge in [-0.2, -0.15) is 0 Å². The highest BCUT2D eigenvalue weighted by Gasteiger charge is 2.24. The fourth-order valence-electron chi connectivity index (χ4n) is 3.17. The van der Waals surface area contributed by atoms with Crippen molar-refractivity contribution >= 4 is 35.7 Å². The Bertz CT molecular complexity index is 834. The Morgan fingerprint density at radius 1 is 0.919 bits per heavy atom. The molecule has 37 heavy (non-hydrogen) atoms. The van der Waals surface area contributed by atoms with Gasteiger partial charge in [-0.25, -0.2) is 9.59 Å². The maximum Gasteiger partial charge on any atom is 0.407 e. The molecule has 0 unspecified atom stereocenters. The van der Waals surface area contributed by atoms with Crippen molar-refractivity contribution in [2.24, 2.45) is 0 Å². The van der Waals surface area contributed by atoms with Crippen molar-refractivity contribution in [2.45, 2.75) is 70.9 Å². The molecule has 1 heterocycles. The van der Waals surface area contributed by atoms with E-state index in [4.69, 9.17) is 9.47 Å².